The molecule has 1 unspecified atom stereocenters. The zero-order valence-corrected chi connectivity index (χ0v) is 11.2. The quantitative estimate of drug-likeness (QED) is 0.877. The van der Waals surface area contributed by atoms with Crippen molar-refractivity contribution in [2.24, 2.45) is 5.73 Å². The van der Waals surface area contributed by atoms with Gasteiger partial charge >= 0.3 is 0 Å². The molecule has 1 fully saturated rings. The predicted octanol–water partition coefficient (Wildman–Crippen LogP) is 2.20. The first-order chi connectivity index (χ1) is 8.27. The molecule has 4 heteroatoms. The van der Waals surface area contributed by atoms with Crippen LogP contribution in [0, 0.1) is 0 Å². The van der Waals surface area contributed by atoms with E-state index >= 15 is 0 Å². The predicted molar refractivity (Wildman–Crippen MR) is 70.4 cm³/mol. The van der Waals surface area contributed by atoms with Crippen LogP contribution in [0.4, 0.5) is 0 Å². The topological polar surface area (TPSA) is 44.5 Å². The van der Waals surface area contributed by atoms with Crippen molar-refractivity contribution in [3.8, 4) is 0 Å². The second-order valence-electron chi connectivity index (χ2n) is 4.61. The van der Waals surface area contributed by atoms with Gasteiger partial charge < -0.3 is 15.2 Å². The maximum Gasteiger partial charge on any atom is 0.0872 e. The molecular weight excluding hydrogens is 234 g/mol. The van der Waals surface area contributed by atoms with Gasteiger partial charge in [0.25, 0.3) is 0 Å². The molecule has 2 heterocycles. The molecule has 1 saturated heterocycles. The van der Waals surface area contributed by atoms with Crippen molar-refractivity contribution in [2.45, 2.75) is 37.3 Å². The van der Waals surface area contributed by atoms with Crippen molar-refractivity contribution in [1.29, 1.82) is 0 Å². The zero-order chi connectivity index (χ0) is 12.1. The fourth-order valence-electron chi connectivity index (χ4n) is 2.46. The van der Waals surface area contributed by atoms with Crippen molar-refractivity contribution in [1.82, 2.24) is 0 Å². The van der Waals surface area contributed by atoms with Gasteiger partial charge in [0.15, 0.2) is 0 Å². The first-order valence-electron chi connectivity index (χ1n) is 6.18. The SMILES string of the molecule is COC1(C(N)CCc2cccs2)CCOCC1. The van der Waals surface area contributed by atoms with E-state index in [2.05, 4.69) is 17.5 Å². The largest absolute Gasteiger partial charge is 0.381 e. The summed E-state index contributed by atoms with van der Waals surface area (Å²) in [5.41, 5.74) is 6.16. The van der Waals surface area contributed by atoms with Crippen LogP contribution in [0.25, 0.3) is 0 Å². The molecule has 1 aliphatic heterocycles. The Bertz CT molecular complexity index is 320. The Hall–Kier alpha value is -0.420. The summed E-state index contributed by atoms with van der Waals surface area (Å²) in [7, 11) is 1.77. The Labute approximate surface area is 107 Å². The minimum absolute atomic E-state index is 0.0958. The monoisotopic (exact) mass is 255 g/mol. The van der Waals surface area contributed by atoms with Gasteiger partial charge in [0.1, 0.15) is 0 Å². The summed E-state index contributed by atoms with van der Waals surface area (Å²) in [5, 5.41) is 2.11. The van der Waals surface area contributed by atoms with Gasteiger partial charge in [-0.05, 0) is 24.3 Å². The Balaban J connectivity index is 1.90. The molecule has 0 aromatic carbocycles. The van der Waals surface area contributed by atoms with Gasteiger partial charge in [-0.25, -0.2) is 0 Å². The molecule has 2 rings (SSSR count). The molecule has 96 valence electrons. The van der Waals surface area contributed by atoms with E-state index in [4.69, 9.17) is 15.2 Å². The highest BCUT2D eigenvalue weighted by Gasteiger charge is 2.38. The lowest BCUT2D eigenvalue weighted by Gasteiger charge is -2.40. The van der Waals surface area contributed by atoms with E-state index in [9.17, 15) is 0 Å². The highest BCUT2D eigenvalue weighted by molar-refractivity contribution is 7.09. The average Bonchev–Trinajstić information content (AvgIpc) is 2.90. The molecule has 1 atom stereocenters. The standard InChI is InChI=1S/C13H21NO2S/c1-15-13(6-8-16-9-7-13)12(14)5-4-11-3-2-10-17-11/h2-3,10,12H,4-9,14H2,1H3. The molecule has 1 aromatic rings. The molecule has 17 heavy (non-hydrogen) atoms. The summed E-state index contributed by atoms with van der Waals surface area (Å²) < 4.78 is 11.1. The fraction of sp³-hybridized carbons (Fsp3) is 0.692. The van der Waals surface area contributed by atoms with E-state index in [1.807, 2.05) is 0 Å². The molecule has 3 nitrogen and oxygen atoms in total. The summed E-state index contributed by atoms with van der Waals surface area (Å²) in [5.74, 6) is 0. The van der Waals surface area contributed by atoms with Crippen LogP contribution in [0.5, 0.6) is 0 Å². The van der Waals surface area contributed by atoms with Gasteiger partial charge in [0, 0.05) is 44.1 Å². The molecule has 0 saturated carbocycles. The number of methoxy groups -OCH3 is 1. The average molecular weight is 255 g/mol. The first kappa shape index (κ1) is 13.0. The first-order valence-corrected chi connectivity index (χ1v) is 7.06. The van der Waals surface area contributed by atoms with Crippen LogP contribution in [0.15, 0.2) is 17.5 Å². The van der Waals surface area contributed by atoms with Crippen LogP contribution in [-0.4, -0.2) is 32.0 Å². The van der Waals surface area contributed by atoms with E-state index in [0.29, 0.717) is 0 Å². The summed E-state index contributed by atoms with van der Waals surface area (Å²) in [6.07, 6.45) is 3.85. The number of nitrogens with two attached hydrogens (primary N) is 1. The van der Waals surface area contributed by atoms with Crippen LogP contribution < -0.4 is 5.73 Å². The van der Waals surface area contributed by atoms with Crippen molar-refractivity contribution in [3.05, 3.63) is 22.4 Å². The minimum atomic E-state index is -0.171. The lowest BCUT2D eigenvalue weighted by molar-refractivity contribution is -0.105. The van der Waals surface area contributed by atoms with Crippen molar-refractivity contribution >= 4 is 11.3 Å². The zero-order valence-electron chi connectivity index (χ0n) is 10.4. The van der Waals surface area contributed by atoms with Crippen molar-refractivity contribution in [3.63, 3.8) is 0 Å². The molecule has 0 bridgehead atoms. The van der Waals surface area contributed by atoms with Gasteiger partial charge in [0.2, 0.25) is 0 Å². The van der Waals surface area contributed by atoms with Crippen LogP contribution in [0.2, 0.25) is 0 Å². The van der Waals surface area contributed by atoms with Crippen LogP contribution >= 0.6 is 11.3 Å². The Morgan fingerprint density at radius 3 is 2.88 bits per heavy atom. The maximum absolute atomic E-state index is 6.33. The maximum atomic E-state index is 6.33. The molecule has 1 aromatic heterocycles. The van der Waals surface area contributed by atoms with Gasteiger partial charge in [0.05, 0.1) is 5.60 Å². The lowest BCUT2D eigenvalue weighted by atomic mass is 9.84. The summed E-state index contributed by atoms with van der Waals surface area (Å²) in [6, 6.07) is 4.35. The second kappa shape index (κ2) is 5.96. The highest BCUT2D eigenvalue weighted by atomic mass is 32.1. The molecule has 1 aliphatic rings. The molecular formula is C13H21NO2S. The second-order valence-corrected chi connectivity index (χ2v) is 5.64. The fourth-order valence-corrected chi connectivity index (χ4v) is 3.18. The Morgan fingerprint density at radius 2 is 2.29 bits per heavy atom. The summed E-state index contributed by atoms with van der Waals surface area (Å²) in [6.45, 7) is 1.53. The van der Waals surface area contributed by atoms with Gasteiger partial charge in [-0.3, -0.25) is 0 Å². The highest BCUT2D eigenvalue weighted by Crippen LogP contribution is 2.29. The van der Waals surface area contributed by atoms with Crippen molar-refractivity contribution < 1.29 is 9.47 Å². The van der Waals surface area contributed by atoms with Gasteiger partial charge in [-0.2, -0.15) is 0 Å². The summed E-state index contributed by atoms with van der Waals surface area (Å²) >= 11 is 1.80. The molecule has 2 N–H and O–H groups in total. The number of hydrogen-bond donors (Lipinski definition) is 1. The smallest absolute Gasteiger partial charge is 0.0872 e. The number of rotatable bonds is 5. The molecule has 0 aliphatic carbocycles. The van der Waals surface area contributed by atoms with Crippen molar-refractivity contribution in [2.75, 3.05) is 20.3 Å². The lowest BCUT2D eigenvalue weighted by Crippen LogP contribution is -2.53. The number of aryl methyl sites for hydroxylation is 1. The van der Waals surface area contributed by atoms with E-state index < -0.39 is 0 Å². The molecule has 0 radical (unpaired) electrons. The van der Waals surface area contributed by atoms with Crippen LogP contribution in [-0.2, 0) is 15.9 Å². The Kier molecular flexibility index (Phi) is 4.56. The third-order valence-corrected chi connectivity index (χ3v) is 4.64. The third-order valence-electron chi connectivity index (χ3n) is 3.70. The van der Waals surface area contributed by atoms with Crippen LogP contribution in [0.3, 0.4) is 0 Å². The normalized spacial score (nSPS) is 21.3. The van der Waals surface area contributed by atoms with E-state index in [1.165, 1.54) is 4.88 Å². The van der Waals surface area contributed by atoms with E-state index in [-0.39, 0.29) is 11.6 Å². The number of hydrogen-bond acceptors (Lipinski definition) is 4. The van der Waals surface area contributed by atoms with Gasteiger partial charge in [-0.1, -0.05) is 6.07 Å². The minimum Gasteiger partial charge on any atom is -0.381 e. The molecule has 0 amide bonds. The van der Waals surface area contributed by atoms with Gasteiger partial charge in [-0.15, -0.1) is 11.3 Å². The summed E-state index contributed by atoms with van der Waals surface area (Å²) in [4.78, 5) is 1.40. The van der Waals surface area contributed by atoms with Crippen LogP contribution in [0.1, 0.15) is 24.1 Å². The molecule has 0 spiro atoms. The third kappa shape index (κ3) is 3.07. The number of ether oxygens (including phenoxy) is 2. The Morgan fingerprint density at radius 1 is 1.53 bits per heavy atom. The number of thiophene rings is 1. The van der Waals surface area contributed by atoms with E-state index in [0.717, 1.165) is 38.9 Å². The van der Waals surface area contributed by atoms with E-state index in [1.54, 1.807) is 18.4 Å².